The zero-order chi connectivity index (χ0) is 8.41. The summed E-state index contributed by atoms with van der Waals surface area (Å²) in [6, 6.07) is 1.46. The third-order valence-corrected chi connectivity index (χ3v) is 9.87. The van der Waals surface area contributed by atoms with Gasteiger partial charge in [0.2, 0.25) is 0 Å². The summed E-state index contributed by atoms with van der Waals surface area (Å²) in [6.07, 6.45) is 0. The molecule has 0 aliphatic carbocycles. The van der Waals surface area contributed by atoms with Crippen LogP contribution in [0, 0.1) is 0 Å². The van der Waals surface area contributed by atoms with Crippen LogP contribution in [0.1, 0.15) is 20.8 Å². The van der Waals surface area contributed by atoms with Gasteiger partial charge >= 0.3 is 0 Å². The summed E-state index contributed by atoms with van der Waals surface area (Å²) in [5.74, 6) is 0. The van der Waals surface area contributed by atoms with Crippen LogP contribution in [0.15, 0.2) is 0 Å². The molecule has 10 heavy (non-hydrogen) atoms. The van der Waals surface area contributed by atoms with E-state index in [1.165, 1.54) is 10.5 Å². The SMILES string of the molecule is CC(C)(C)[Si](C)(C)CCI. The van der Waals surface area contributed by atoms with Gasteiger partial charge in [0, 0.05) is 0 Å². The number of hydrogen-bond acceptors (Lipinski definition) is 0. The first-order chi connectivity index (χ1) is 4.31. The Morgan fingerprint density at radius 2 is 1.60 bits per heavy atom. The molecular weight excluding hydrogens is 251 g/mol. The Bertz CT molecular complexity index is 102. The van der Waals surface area contributed by atoms with Gasteiger partial charge in [0.05, 0.1) is 8.07 Å². The molecule has 0 saturated heterocycles. The minimum Gasteiger partial charge on any atom is -0.0867 e. The Morgan fingerprint density at radius 3 is 1.70 bits per heavy atom. The summed E-state index contributed by atoms with van der Waals surface area (Å²) in [5, 5.41) is 0.582. The lowest BCUT2D eigenvalue weighted by Gasteiger charge is -2.36. The highest BCUT2D eigenvalue weighted by Gasteiger charge is 2.33. The Labute approximate surface area is 79.9 Å². The third kappa shape index (κ3) is 2.90. The molecule has 0 amide bonds. The maximum absolute atomic E-state index is 2.49. The minimum atomic E-state index is -0.912. The van der Waals surface area contributed by atoms with E-state index in [-0.39, 0.29) is 0 Å². The van der Waals surface area contributed by atoms with E-state index in [1.807, 2.05) is 0 Å². The molecule has 0 unspecified atom stereocenters. The van der Waals surface area contributed by atoms with Crippen molar-refractivity contribution in [1.82, 2.24) is 0 Å². The first kappa shape index (κ1) is 10.9. The summed E-state index contributed by atoms with van der Waals surface area (Å²) in [4.78, 5) is 0. The topological polar surface area (TPSA) is 0 Å². The van der Waals surface area contributed by atoms with E-state index in [2.05, 4.69) is 56.5 Å². The van der Waals surface area contributed by atoms with E-state index < -0.39 is 8.07 Å². The van der Waals surface area contributed by atoms with Crippen molar-refractivity contribution in [2.24, 2.45) is 0 Å². The smallest absolute Gasteiger partial charge is 0.0535 e. The van der Waals surface area contributed by atoms with Crippen LogP contribution in [-0.4, -0.2) is 12.5 Å². The molecule has 0 aliphatic heterocycles. The standard InChI is InChI=1S/C8H19ISi/c1-8(2,3)10(4,5)7-6-9/h6-7H2,1-5H3. The van der Waals surface area contributed by atoms with Crippen molar-refractivity contribution in [3.63, 3.8) is 0 Å². The molecule has 0 rings (SSSR count). The van der Waals surface area contributed by atoms with Gasteiger partial charge in [-0.1, -0.05) is 56.5 Å². The quantitative estimate of drug-likeness (QED) is 0.405. The van der Waals surface area contributed by atoms with E-state index in [0.29, 0.717) is 5.04 Å². The van der Waals surface area contributed by atoms with Crippen molar-refractivity contribution < 1.29 is 0 Å². The maximum Gasteiger partial charge on any atom is 0.0535 e. The highest BCUT2D eigenvalue weighted by atomic mass is 127. The zero-order valence-electron chi connectivity index (χ0n) is 7.79. The number of hydrogen-bond donors (Lipinski definition) is 0. The van der Waals surface area contributed by atoms with Crippen LogP contribution in [0.25, 0.3) is 0 Å². The van der Waals surface area contributed by atoms with Gasteiger partial charge in [-0.3, -0.25) is 0 Å². The molecule has 0 nitrogen and oxygen atoms in total. The highest BCUT2D eigenvalue weighted by Crippen LogP contribution is 2.38. The summed E-state index contributed by atoms with van der Waals surface area (Å²) in [5.41, 5.74) is 0. The molecule has 0 aromatic carbocycles. The first-order valence-corrected chi connectivity index (χ1v) is 8.60. The minimum absolute atomic E-state index is 0.582. The molecule has 0 saturated carbocycles. The Kier molecular flexibility index (Phi) is 3.90. The normalized spacial score (nSPS) is 13.8. The van der Waals surface area contributed by atoms with Crippen molar-refractivity contribution in [2.45, 2.75) is 44.9 Å². The van der Waals surface area contributed by atoms with Crippen molar-refractivity contribution in [2.75, 3.05) is 4.43 Å². The molecule has 0 radical (unpaired) electrons. The van der Waals surface area contributed by atoms with E-state index >= 15 is 0 Å². The predicted molar refractivity (Wildman–Crippen MR) is 60.9 cm³/mol. The molecule has 0 heterocycles. The van der Waals surface area contributed by atoms with E-state index in [9.17, 15) is 0 Å². The average Bonchev–Trinajstić information content (AvgIpc) is 1.61. The molecule has 0 atom stereocenters. The van der Waals surface area contributed by atoms with Gasteiger partial charge in [-0.15, -0.1) is 0 Å². The van der Waals surface area contributed by atoms with Crippen LogP contribution in [0.5, 0.6) is 0 Å². The maximum atomic E-state index is 2.49. The molecule has 62 valence electrons. The van der Waals surface area contributed by atoms with E-state index in [0.717, 1.165) is 0 Å². The Hall–Kier alpha value is 0.947. The fourth-order valence-electron chi connectivity index (χ4n) is 0.611. The lowest BCUT2D eigenvalue weighted by molar-refractivity contribution is 0.717. The lowest BCUT2D eigenvalue weighted by Crippen LogP contribution is -2.37. The molecule has 0 bridgehead atoms. The molecule has 0 N–H and O–H groups in total. The number of alkyl halides is 1. The summed E-state index contributed by atoms with van der Waals surface area (Å²) < 4.78 is 1.33. The predicted octanol–water partition coefficient (Wildman–Crippen LogP) is 3.93. The molecule has 0 fully saturated rings. The molecular formula is C8H19ISi. The van der Waals surface area contributed by atoms with Gasteiger partial charge in [0.1, 0.15) is 0 Å². The van der Waals surface area contributed by atoms with Crippen LogP contribution < -0.4 is 0 Å². The second-order valence-electron chi connectivity index (χ2n) is 4.57. The molecule has 0 aromatic heterocycles. The van der Waals surface area contributed by atoms with E-state index in [4.69, 9.17) is 0 Å². The highest BCUT2D eigenvalue weighted by molar-refractivity contribution is 14.1. The van der Waals surface area contributed by atoms with Gasteiger partial charge < -0.3 is 0 Å². The lowest BCUT2D eigenvalue weighted by atomic mass is 10.2. The van der Waals surface area contributed by atoms with Gasteiger partial charge in [0.25, 0.3) is 0 Å². The first-order valence-electron chi connectivity index (χ1n) is 3.87. The van der Waals surface area contributed by atoms with Gasteiger partial charge in [-0.05, 0) is 15.5 Å². The number of rotatable bonds is 2. The molecule has 2 heteroatoms. The van der Waals surface area contributed by atoms with Crippen LogP contribution in [0.3, 0.4) is 0 Å². The van der Waals surface area contributed by atoms with Crippen LogP contribution in [0.4, 0.5) is 0 Å². The third-order valence-electron chi connectivity index (χ3n) is 2.75. The van der Waals surface area contributed by atoms with Crippen molar-refractivity contribution in [3.8, 4) is 0 Å². The molecule has 0 spiro atoms. The second kappa shape index (κ2) is 3.56. The molecule has 0 aromatic rings. The van der Waals surface area contributed by atoms with Crippen molar-refractivity contribution in [1.29, 1.82) is 0 Å². The Balaban J connectivity index is 4.10. The summed E-state index contributed by atoms with van der Waals surface area (Å²) in [6.45, 7) is 12.1. The Morgan fingerprint density at radius 1 is 1.20 bits per heavy atom. The van der Waals surface area contributed by atoms with Crippen LogP contribution >= 0.6 is 22.6 Å². The summed E-state index contributed by atoms with van der Waals surface area (Å²) >= 11 is 2.49. The van der Waals surface area contributed by atoms with Gasteiger partial charge in [0.15, 0.2) is 0 Å². The largest absolute Gasteiger partial charge is 0.0867 e. The van der Waals surface area contributed by atoms with Crippen LogP contribution in [0.2, 0.25) is 24.2 Å². The average molecular weight is 270 g/mol. The number of halogens is 1. The monoisotopic (exact) mass is 270 g/mol. The fourth-order valence-corrected chi connectivity index (χ4v) is 5.88. The van der Waals surface area contributed by atoms with Crippen LogP contribution in [-0.2, 0) is 0 Å². The van der Waals surface area contributed by atoms with Crippen molar-refractivity contribution in [3.05, 3.63) is 0 Å². The molecule has 0 aliphatic rings. The second-order valence-corrected chi connectivity index (χ2v) is 11.4. The van der Waals surface area contributed by atoms with Crippen molar-refractivity contribution >= 4 is 30.7 Å². The fraction of sp³-hybridized carbons (Fsp3) is 1.00. The van der Waals surface area contributed by atoms with Gasteiger partial charge in [-0.25, -0.2) is 0 Å². The van der Waals surface area contributed by atoms with Gasteiger partial charge in [-0.2, -0.15) is 0 Å². The van der Waals surface area contributed by atoms with E-state index in [1.54, 1.807) is 0 Å². The summed E-state index contributed by atoms with van der Waals surface area (Å²) in [7, 11) is -0.912. The zero-order valence-corrected chi connectivity index (χ0v) is 10.9.